The van der Waals surface area contributed by atoms with E-state index in [1.807, 2.05) is 19.2 Å². The molecule has 198 valence electrons. The van der Waals surface area contributed by atoms with E-state index in [0.29, 0.717) is 46.1 Å². The average molecular weight is 600 g/mol. The second-order valence-electron chi connectivity index (χ2n) is 7.73. The van der Waals surface area contributed by atoms with Gasteiger partial charge >= 0.3 is 0 Å². The minimum absolute atomic E-state index is 0.0970. The van der Waals surface area contributed by atoms with Crippen molar-refractivity contribution in [2.24, 2.45) is 0 Å². The van der Waals surface area contributed by atoms with Crippen molar-refractivity contribution in [3.8, 4) is 5.75 Å². The van der Waals surface area contributed by atoms with Crippen LogP contribution in [0.25, 0.3) is 0 Å². The number of nitrogens with one attached hydrogen (secondary N) is 1. The molecule has 0 saturated carbocycles. The number of benzene rings is 3. The summed E-state index contributed by atoms with van der Waals surface area (Å²) in [6.45, 7) is 2.16. The van der Waals surface area contributed by atoms with Crippen molar-refractivity contribution in [1.29, 1.82) is 0 Å². The van der Waals surface area contributed by atoms with Crippen molar-refractivity contribution in [3.63, 3.8) is 0 Å². The molecule has 0 aliphatic heterocycles. The summed E-state index contributed by atoms with van der Waals surface area (Å²) in [5.74, 6) is 1.27. The molecular weight excluding hydrogens is 571 g/mol. The maximum atomic E-state index is 13.7. The Labute approximate surface area is 237 Å². The fourth-order valence-electron chi connectivity index (χ4n) is 3.39. The Balaban J connectivity index is 1.71. The highest BCUT2D eigenvalue weighted by Crippen LogP contribution is 2.33. The maximum absolute atomic E-state index is 13.7. The van der Waals surface area contributed by atoms with Crippen molar-refractivity contribution >= 4 is 68.3 Å². The van der Waals surface area contributed by atoms with Gasteiger partial charge in [-0.15, -0.1) is 11.8 Å². The number of para-hydroxylation sites is 2. The summed E-state index contributed by atoms with van der Waals surface area (Å²) in [5, 5.41) is 4.00. The number of halogens is 2. The summed E-state index contributed by atoms with van der Waals surface area (Å²) in [6, 6.07) is 18.8. The largest absolute Gasteiger partial charge is 0.492 e. The third-order valence-corrected chi connectivity index (χ3v) is 9.32. The number of rotatable bonds is 13. The molecule has 0 aliphatic carbocycles. The van der Waals surface area contributed by atoms with Crippen LogP contribution in [0.3, 0.4) is 0 Å². The molecule has 0 bridgehead atoms. The molecule has 6 nitrogen and oxygen atoms in total. The second kappa shape index (κ2) is 14.2. The van der Waals surface area contributed by atoms with Gasteiger partial charge in [0.1, 0.15) is 12.3 Å². The fraction of sp³-hybridized carbons (Fsp3) is 0.269. The van der Waals surface area contributed by atoms with E-state index in [2.05, 4.69) is 5.32 Å². The lowest BCUT2D eigenvalue weighted by molar-refractivity contribution is -0.119. The zero-order valence-electron chi connectivity index (χ0n) is 20.4. The second-order valence-corrected chi connectivity index (χ2v) is 12.4. The topological polar surface area (TPSA) is 75.7 Å². The van der Waals surface area contributed by atoms with Gasteiger partial charge in [0.2, 0.25) is 5.91 Å². The van der Waals surface area contributed by atoms with Crippen LogP contribution in [0.15, 0.2) is 76.5 Å². The van der Waals surface area contributed by atoms with E-state index in [0.717, 1.165) is 14.8 Å². The summed E-state index contributed by atoms with van der Waals surface area (Å²) in [6.07, 6.45) is 1.92. The average Bonchev–Trinajstić information content (AvgIpc) is 2.89. The number of hydrogen-bond donors (Lipinski definition) is 1. The minimum Gasteiger partial charge on any atom is -0.492 e. The summed E-state index contributed by atoms with van der Waals surface area (Å²) < 4.78 is 34.1. The van der Waals surface area contributed by atoms with Crippen LogP contribution < -0.4 is 14.4 Å². The molecule has 1 N–H and O–H groups in total. The Bertz CT molecular complexity index is 1310. The van der Waals surface area contributed by atoms with E-state index in [9.17, 15) is 13.2 Å². The van der Waals surface area contributed by atoms with E-state index in [1.165, 1.54) is 11.8 Å². The Morgan fingerprint density at radius 1 is 1.05 bits per heavy atom. The van der Waals surface area contributed by atoms with Gasteiger partial charge in [-0.2, -0.15) is 11.8 Å². The molecule has 0 unspecified atom stereocenters. The molecule has 0 heterocycles. The smallest absolute Gasteiger partial charge is 0.264 e. The molecule has 0 atom stereocenters. The predicted octanol–water partition coefficient (Wildman–Crippen LogP) is 6.36. The summed E-state index contributed by atoms with van der Waals surface area (Å²) >= 11 is 15.3. The molecule has 37 heavy (non-hydrogen) atoms. The van der Waals surface area contributed by atoms with Crippen LogP contribution in [0.2, 0.25) is 10.0 Å². The van der Waals surface area contributed by atoms with Crippen LogP contribution in [0, 0.1) is 0 Å². The van der Waals surface area contributed by atoms with Crippen molar-refractivity contribution < 1.29 is 17.9 Å². The number of nitrogens with zero attached hydrogens (tertiary/aromatic N) is 1. The third kappa shape index (κ3) is 8.22. The molecule has 1 amide bonds. The van der Waals surface area contributed by atoms with E-state index >= 15 is 0 Å². The molecule has 0 aromatic heterocycles. The van der Waals surface area contributed by atoms with Crippen LogP contribution in [-0.2, 0) is 20.6 Å². The van der Waals surface area contributed by atoms with Gasteiger partial charge in [-0.3, -0.25) is 9.10 Å². The van der Waals surface area contributed by atoms with Crippen LogP contribution in [-0.4, -0.2) is 46.0 Å². The standard InChI is InChI=1S/C26H28Cl2N2O4S3/c1-3-34-25-7-5-4-6-24(25)30(37(32,33)22-12-10-21(35-2)11-13-22)17-26(31)29-14-15-36-18-19-8-9-20(27)16-23(19)28/h4-13,16H,3,14-15,17-18H2,1-2H3,(H,29,31). The Kier molecular flexibility index (Phi) is 11.3. The first-order chi connectivity index (χ1) is 17.8. The maximum Gasteiger partial charge on any atom is 0.264 e. The van der Waals surface area contributed by atoms with Crippen LogP contribution in [0.1, 0.15) is 12.5 Å². The molecule has 11 heteroatoms. The highest BCUT2D eigenvalue weighted by molar-refractivity contribution is 7.98. The van der Waals surface area contributed by atoms with Gasteiger partial charge in [0.15, 0.2) is 0 Å². The normalized spacial score (nSPS) is 11.2. The fourth-order valence-corrected chi connectivity index (χ4v) is 6.64. The SMILES string of the molecule is CCOc1ccccc1N(CC(=O)NCCSCc1ccc(Cl)cc1Cl)S(=O)(=O)c1ccc(SC)cc1. The number of carbonyl (C=O) groups excluding carboxylic acids is 1. The monoisotopic (exact) mass is 598 g/mol. The van der Waals surface area contributed by atoms with Crippen LogP contribution >= 0.6 is 46.7 Å². The van der Waals surface area contributed by atoms with Crippen molar-refractivity contribution in [1.82, 2.24) is 5.32 Å². The van der Waals surface area contributed by atoms with Crippen molar-refractivity contribution in [3.05, 3.63) is 82.3 Å². The quantitative estimate of drug-likeness (QED) is 0.182. The highest BCUT2D eigenvalue weighted by Gasteiger charge is 2.29. The van der Waals surface area contributed by atoms with Gasteiger partial charge in [0, 0.05) is 33.0 Å². The molecule has 3 rings (SSSR count). The highest BCUT2D eigenvalue weighted by atomic mass is 35.5. The first-order valence-corrected chi connectivity index (χ1v) is 16.0. The lowest BCUT2D eigenvalue weighted by Gasteiger charge is -2.26. The number of amides is 1. The molecule has 0 fully saturated rings. The van der Waals surface area contributed by atoms with Gasteiger partial charge < -0.3 is 10.1 Å². The zero-order chi connectivity index (χ0) is 26.8. The van der Waals surface area contributed by atoms with Gasteiger partial charge in [0.25, 0.3) is 10.0 Å². The molecule has 3 aromatic carbocycles. The zero-order valence-corrected chi connectivity index (χ0v) is 24.4. The van der Waals surface area contributed by atoms with Crippen LogP contribution in [0.5, 0.6) is 5.75 Å². The minimum atomic E-state index is -4.04. The number of anilines is 1. The predicted molar refractivity (Wildman–Crippen MR) is 156 cm³/mol. The Hall–Kier alpha value is -2.04. The van der Waals surface area contributed by atoms with Crippen molar-refractivity contribution in [2.75, 3.05) is 36.0 Å². The summed E-state index contributed by atoms with van der Waals surface area (Å²) in [5.41, 5.74) is 1.26. The van der Waals surface area contributed by atoms with Gasteiger partial charge in [-0.1, -0.05) is 41.4 Å². The first-order valence-electron chi connectivity index (χ1n) is 11.4. The molecule has 3 aromatic rings. The summed E-state index contributed by atoms with van der Waals surface area (Å²) in [7, 11) is -4.04. The number of sulfonamides is 1. The van der Waals surface area contributed by atoms with E-state index in [-0.39, 0.29) is 11.4 Å². The summed E-state index contributed by atoms with van der Waals surface area (Å²) in [4.78, 5) is 13.9. The molecular formula is C26H28Cl2N2O4S3. The third-order valence-electron chi connectivity index (χ3n) is 5.21. The van der Waals surface area contributed by atoms with Crippen LogP contribution in [0.4, 0.5) is 5.69 Å². The van der Waals surface area contributed by atoms with Gasteiger partial charge in [0.05, 0.1) is 17.2 Å². The first kappa shape index (κ1) is 29.5. The Morgan fingerprint density at radius 3 is 2.46 bits per heavy atom. The number of ether oxygens (including phenoxy) is 1. The molecule has 0 aliphatic rings. The van der Waals surface area contributed by atoms with Gasteiger partial charge in [-0.25, -0.2) is 8.42 Å². The lowest BCUT2D eigenvalue weighted by atomic mass is 10.2. The molecule has 0 radical (unpaired) electrons. The Morgan fingerprint density at radius 2 is 1.78 bits per heavy atom. The van der Waals surface area contributed by atoms with Gasteiger partial charge in [-0.05, 0) is 67.3 Å². The van der Waals surface area contributed by atoms with E-state index < -0.39 is 15.9 Å². The van der Waals surface area contributed by atoms with E-state index in [4.69, 9.17) is 27.9 Å². The van der Waals surface area contributed by atoms with E-state index in [1.54, 1.807) is 72.4 Å². The van der Waals surface area contributed by atoms with Crippen molar-refractivity contribution in [2.45, 2.75) is 22.5 Å². The lowest BCUT2D eigenvalue weighted by Crippen LogP contribution is -2.41. The molecule has 0 spiro atoms. The molecule has 0 saturated heterocycles. The number of hydrogen-bond acceptors (Lipinski definition) is 6. The number of carbonyl (C=O) groups is 1. The number of thioether (sulfide) groups is 2.